The van der Waals surface area contributed by atoms with Gasteiger partial charge in [-0.05, 0) is 38.0 Å². The van der Waals surface area contributed by atoms with Gasteiger partial charge in [-0.2, -0.15) is 13.2 Å². The number of imidazole rings is 1. The number of hydrogen-bond donors (Lipinski definition) is 1. The summed E-state index contributed by atoms with van der Waals surface area (Å²) in [5.41, 5.74) is 7.46. The molecule has 1 fully saturated rings. The highest BCUT2D eigenvalue weighted by atomic mass is 19.4. The third kappa shape index (κ3) is 3.21. The molecule has 0 saturated carbocycles. The van der Waals surface area contributed by atoms with Crippen molar-refractivity contribution in [3.8, 4) is 5.75 Å². The van der Waals surface area contributed by atoms with Crippen molar-refractivity contribution in [3.05, 3.63) is 64.9 Å². The van der Waals surface area contributed by atoms with E-state index in [0.29, 0.717) is 41.7 Å². The van der Waals surface area contributed by atoms with E-state index in [4.69, 9.17) is 10.5 Å². The summed E-state index contributed by atoms with van der Waals surface area (Å²) < 4.78 is 62.2. The van der Waals surface area contributed by atoms with Gasteiger partial charge >= 0.3 is 6.18 Å². The number of hydrogen-bond acceptors (Lipinski definition) is 5. The van der Waals surface area contributed by atoms with Gasteiger partial charge in [0, 0.05) is 18.2 Å². The SMILES string of the molecule is Cc1ncn2c1c(N)nc1cc(F)c(C(=O)N3CCC[C@@H]4Oc5cc(C(F)(F)F)ccc5[C@@H]43)cc12. The zero-order chi connectivity index (χ0) is 24.6. The van der Waals surface area contributed by atoms with Gasteiger partial charge in [0.1, 0.15) is 35.3 Å². The molecular formula is C24H19F4N5O2. The number of aryl methyl sites for hydroxylation is 1. The molecule has 11 heteroatoms. The lowest BCUT2D eigenvalue weighted by molar-refractivity contribution is -0.137. The van der Waals surface area contributed by atoms with Crippen LogP contribution in [0.1, 0.15) is 46.1 Å². The van der Waals surface area contributed by atoms with Crippen molar-refractivity contribution in [2.24, 2.45) is 0 Å². The van der Waals surface area contributed by atoms with Crippen LogP contribution in [-0.2, 0) is 6.18 Å². The molecule has 2 aromatic carbocycles. The first-order valence-electron chi connectivity index (χ1n) is 11.0. The molecule has 0 bridgehead atoms. The van der Waals surface area contributed by atoms with E-state index in [1.807, 2.05) is 0 Å². The molecule has 35 heavy (non-hydrogen) atoms. The van der Waals surface area contributed by atoms with Gasteiger partial charge in [0.15, 0.2) is 0 Å². The first-order valence-corrected chi connectivity index (χ1v) is 11.0. The maximum Gasteiger partial charge on any atom is 0.416 e. The molecule has 0 aliphatic carbocycles. The molecule has 2 atom stereocenters. The summed E-state index contributed by atoms with van der Waals surface area (Å²) in [4.78, 5) is 23.6. The number of anilines is 1. The third-order valence-electron chi connectivity index (χ3n) is 6.76. The average Bonchev–Trinajstić information content (AvgIpc) is 3.38. The Morgan fingerprint density at radius 3 is 2.80 bits per heavy atom. The van der Waals surface area contributed by atoms with Crippen LogP contribution in [0.4, 0.5) is 23.4 Å². The number of nitrogen functional groups attached to an aromatic ring is 1. The summed E-state index contributed by atoms with van der Waals surface area (Å²) in [5.74, 6) is -1.04. The summed E-state index contributed by atoms with van der Waals surface area (Å²) in [6, 6.07) is 5.25. The van der Waals surface area contributed by atoms with Gasteiger partial charge in [0.25, 0.3) is 5.91 Å². The average molecular weight is 485 g/mol. The highest BCUT2D eigenvalue weighted by molar-refractivity contribution is 5.99. The number of amides is 1. The quantitative estimate of drug-likeness (QED) is 0.396. The Kier molecular flexibility index (Phi) is 4.51. The number of carbonyl (C=O) groups excluding carboxylic acids is 1. The second kappa shape index (κ2) is 7.30. The molecule has 4 aromatic rings. The van der Waals surface area contributed by atoms with Crippen LogP contribution in [0.2, 0.25) is 0 Å². The summed E-state index contributed by atoms with van der Waals surface area (Å²) in [6.07, 6.45) is -2.33. The number of rotatable bonds is 1. The zero-order valence-corrected chi connectivity index (χ0v) is 18.4. The van der Waals surface area contributed by atoms with Crippen LogP contribution < -0.4 is 10.5 Å². The standard InChI is InChI=1S/C24H19F4N5O2/c1-11-20-22(29)31-16-9-15(25)14(8-17(16)33(20)10-30-11)23(34)32-6-2-3-18-21(32)13-5-4-12(24(26,27)28)7-19(13)35-18/h4-5,7-10,18,21H,2-3,6H2,1H3,(H2,29,31)/t18-,21-/m0/s1. The van der Waals surface area contributed by atoms with Crippen LogP contribution in [-0.4, -0.2) is 37.8 Å². The maximum absolute atomic E-state index is 15.2. The van der Waals surface area contributed by atoms with Crippen LogP contribution >= 0.6 is 0 Å². The molecule has 0 unspecified atom stereocenters. The van der Waals surface area contributed by atoms with E-state index < -0.39 is 35.6 Å². The van der Waals surface area contributed by atoms with Crippen molar-refractivity contribution >= 4 is 28.3 Å². The Bertz CT molecular complexity index is 1530. The van der Waals surface area contributed by atoms with E-state index in [1.165, 1.54) is 23.4 Å². The molecule has 0 spiro atoms. The normalized spacial score (nSPS) is 19.6. The number of benzene rings is 2. The van der Waals surface area contributed by atoms with E-state index in [2.05, 4.69) is 9.97 Å². The minimum atomic E-state index is -4.51. The number of likely N-dealkylation sites (tertiary alicyclic amines) is 1. The lowest BCUT2D eigenvalue weighted by Crippen LogP contribution is -2.44. The Balaban J connectivity index is 1.44. The molecule has 4 heterocycles. The Labute approximate surface area is 196 Å². The van der Waals surface area contributed by atoms with Crippen LogP contribution in [0.3, 0.4) is 0 Å². The van der Waals surface area contributed by atoms with Gasteiger partial charge in [0.2, 0.25) is 0 Å². The third-order valence-corrected chi connectivity index (χ3v) is 6.76. The first kappa shape index (κ1) is 21.6. The number of alkyl halides is 3. The number of nitrogens with two attached hydrogens (primary N) is 1. The molecule has 180 valence electrons. The summed E-state index contributed by atoms with van der Waals surface area (Å²) in [7, 11) is 0. The fraction of sp³-hybridized carbons (Fsp3) is 0.292. The minimum absolute atomic E-state index is 0.101. The predicted molar refractivity (Wildman–Crippen MR) is 118 cm³/mol. The van der Waals surface area contributed by atoms with Gasteiger partial charge in [0.05, 0.1) is 33.9 Å². The molecule has 2 N–H and O–H groups in total. The molecule has 2 aliphatic heterocycles. The second-order valence-electron chi connectivity index (χ2n) is 8.86. The van der Waals surface area contributed by atoms with Gasteiger partial charge in [-0.3, -0.25) is 9.20 Å². The Hall–Kier alpha value is -3.89. The smallest absolute Gasteiger partial charge is 0.416 e. The number of ether oxygens (including phenoxy) is 1. The van der Waals surface area contributed by atoms with Gasteiger partial charge in [-0.25, -0.2) is 14.4 Å². The van der Waals surface area contributed by atoms with E-state index in [0.717, 1.165) is 18.2 Å². The summed E-state index contributed by atoms with van der Waals surface area (Å²) in [6.45, 7) is 2.09. The van der Waals surface area contributed by atoms with Crippen molar-refractivity contribution < 1.29 is 27.1 Å². The fourth-order valence-corrected chi connectivity index (χ4v) is 5.16. The van der Waals surface area contributed by atoms with Crippen molar-refractivity contribution in [3.63, 3.8) is 0 Å². The maximum atomic E-state index is 15.2. The number of aromatic nitrogens is 3. The minimum Gasteiger partial charge on any atom is -0.488 e. The first-order chi connectivity index (χ1) is 16.6. The molecule has 1 saturated heterocycles. The Morgan fingerprint density at radius 1 is 1.23 bits per heavy atom. The number of piperidine rings is 1. The molecule has 6 rings (SSSR count). The van der Waals surface area contributed by atoms with Crippen LogP contribution in [0, 0.1) is 12.7 Å². The van der Waals surface area contributed by atoms with Gasteiger partial charge in [-0.1, -0.05) is 6.07 Å². The van der Waals surface area contributed by atoms with E-state index >= 15 is 4.39 Å². The number of fused-ring (bicyclic) bond motifs is 6. The second-order valence-corrected chi connectivity index (χ2v) is 8.86. The van der Waals surface area contributed by atoms with Crippen LogP contribution in [0.15, 0.2) is 36.7 Å². The van der Waals surface area contributed by atoms with Crippen molar-refractivity contribution in [2.45, 2.75) is 38.1 Å². The monoisotopic (exact) mass is 485 g/mol. The Morgan fingerprint density at radius 2 is 2.03 bits per heavy atom. The molecule has 1 amide bonds. The number of nitrogens with zero attached hydrogens (tertiary/aromatic N) is 4. The number of carbonyl (C=O) groups is 1. The predicted octanol–water partition coefficient (Wildman–Crippen LogP) is 4.67. The highest BCUT2D eigenvalue weighted by Crippen LogP contribution is 2.47. The number of halogens is 4. The molecular weight excluding hydrogens is 466 g/mol. The molecule has 7 nitrogen and oxygen atoms in total. The largest absolute Gasteiger partial charge is 0.488 e. The van der Waals surface area contributed by atoms with Gasteiger partial charge < -0.3 is 15.4 Å². The van der Waals surface area contributed by atoms with Gasteiger partial charge in [-0.15, -0.1) is 0 Å². The topological polar surface area (TPSA) is 85.8 Å². The zero-order valence-electron chi connectivity index (χ0n) is 18.4. The summed E-state index contributed by atoms with van der Waals surface area (Å²) >= 11 is 0. The lowest BCUT2D eigenvalue weighted by atomic mass is 9.93. The van der Waals surface area contributed by atoms with E-state index in [1.54, 1.807) is 11.3 Å². The van der Waals surface area contributed by atoms with Crippen LogP contribution in [0.25, 0.3) is 16.6 Å². The lowest BCUT2D eigenvalue weighted by Gasteiger charge is -2.36. The molecule has 2 aromatic heterocycles. The molecule has 2 aliphatic rings. The van der Waals surface area contributed by atoms with Crippen LogP contribution in [0.5, 0.6) is 5.75 Å². The van der Waals surface area contributed by atoms with E-state index in [-0.39, 0.29) is 22.6 Å². The van der Waals surface area contributed by atoms with Crippen molar-refractivity contribution in [1.29, 1.82) is 0 Å². The highest BCUT2D eigenvalue weighted by Gasteiger charge is 2.44. The summed E-state index contributed by atoms with van der Waals surface area (Å²) in [5, 5.41) is 0. The fourth-order valence-electron chi connectivity index (χ4n) is 5.16. The molecule has 0 radical (unpaired) electrons. The van der Waals surface area contributed by atoms with Crippen molar-refractivity contribution in [2.75, 3.05) is 12.3 Å². The van der Waals surface area contributed by atoms with Crippen molar-refractivity contribution in [1.82, 2.24) is 19.3 Å². The van der Waals surface area contributed by atoms with E-state index in [9.17, 15) is 18.0 Å².